The Labute approximate surface area is 192 Å². The van der Waals surface area contributed by atoms with E-state index in [0.29, 0.717) is 23.8 Å². The maximum atomic E-state index is 13.5. The summed E-state index contributed by atoms with van der Waals surface area (Å²) in [6.45, 7) is 5.30. The second-order valence-corrected chi connectivity index (χ2v) is 8.60. The van der Waals surface area contributed by atoms with Gasteiger partial charge in [0.1, 0.15) is 5.75 Å². The fourth-order valence-electron chi connectivity index (χ4n) is 3.36. The van der Waals surface area contributed by atoms with Crippen molar-refractivity contribution in [1.29, 1.82) is 0 Å². The lowest BCUT2D eigenvalue weighted by Crippen LogP contribution is -2.30. The van der Waals surface area contributed by atoms with E-state index in [0.717, 1.165) is 40.9 Å². The van der Waals surface area contributed by atoms with E-state index in [2.05, 4.69) is 31.0 Å². The predicted octanol–water partition coefficient (Wildman–Crippen LogP) is 6.28. The lowest BCUT2D eigenvalue weighted by atomic mass is 10.2. The van der Waals surface area contributed by atoms with Gasteiger partial charge in [-0.25, -0.2) is 4.98 Å². The molecule has 0 bridgehead atoms. The van der Waals surface area contributed by atoms with Crippen LogP contribution in [-0.2, 0) is 13.0 Å². The molecule has 5 nitrogen and oxygen atoms in total. The Morgan fingerprint density at radius 3 is 2.62 bits per heavy atom. The van der Waals surface area contributed by atoms with E-state index < -0.39 is 0 Å². The molecule has 0 unspecified atom stereocenters. The third kappa shape index (κ3) is 5.14. The summed E-state index contributed by atoms with van der Waals surface area (Å²) in [6.07, 6.45) is 4.80. The molecule has 4 rings (SSSR count). The van der Waals surface area contributed by atoms with Crippen molar-refractivity contribution in [3.63, 3.8) is 0 Å². The number of aromatic nitrogens is 2. The van der Waals surface area contributed by atoms with Crippen LogP contribution < -0.4 is 9.64 Å². The highest BCUT2D eigenvalue weighted by Crippen LogP contribution is 2.31. The standard InChI is InChI=1S/C26H27N3O2S/c1-3-5-16-31-22-12-10-20(11-13-22)25(30)29(18-21-8-6-7-15-27-21)26-28-23-14-9-19(4-2)17-24(23)32-26/h6-15,17H,3-5,16,18H2,1-2H3. The monoisotopic (exact) mass is 445 g/mol. The maximum absolute atomic E-state index is 13.5. The van der Waals surface area contributed by atoms with Gasteiger partial charge in [-0.2, -0.15) is 0 Å². The molecule has 0 aliphatic heterocycles. The summed E-state index contributed by atoms with van der Waals surface area (Å²) in [7, 11) is 0. The number of anilines is 1. The first-order valence-electron chi connectivity index (χ1n) is 11.0. The van der Waals surface area contributed by atoms with E-state index in [1.54, 1.807) is 11.1 Å². The topological polar surface area (TPSA) is 55.3 Å². The van der Waals surface area contributed by atoms with Gasteiger partial charge in [0.25, 0.3) is 5.91 Å². The minimum Gasteiger partial charge on any atom is -0.494 e. The summed E-state index contributed by atoms with van der Waals surface area (Å²) < 4.78 is 6.82. The van der Waals surface area contributed by atoms with Crippen molar-refractivity contribution in [3.05, 3.63) is 83.7 Å². The number of aryl methyl sites for hydroxylation is 1. The Hall–Kier alpha value is -3.25. The van der Waals surface area contributed by atoms with Crippen molar-refractivity contribution in [3.8, 4) is 5.75 Å². The number of thiazole rings is 1. The molecule has 0 atom stereocenters. The van der Waals surface area contributed by atoms with Gasteiger partial charge in [0.15, 0.2) is 5.13 Å². The van der Waals surface area contributed by atoms with Crippen LogP contribution in [0.3, 0.4) is 0 Å². The van der Waals surface area contributed by atoms with Crippen LogP contribution in [0.15, 0.2) is 66.9 Å². The molecule has 1 amide bonds. The van der Waals surface area contributed by atoms with Crippen molar-refractivity contribution >= 4 is 32.6 Å². The first kappa shape index (κ1) is 22.0. The van der Waals surface area contributed by atoms with Gasteiger partial charge in [-0.05, 0) is 66.9 Å². The lowest BCUT2D eigenvalue weighted by molar-refractivity contribution is 0.0985. The number of pyridine rings is 1. The number of nitrogens with zero attached hydrogens (tertiary/aromatic N) is 3. The number of carbonyl (C=O) groups is 1. The van der Waals surface area contributed by atoms with E-state index in [-0.39, 0.29) is 5.91 Å². The van der Waals surface area contributed by atoms with Crippen LogP contribution in [0.25, 0.3) is 10.2 Å². The Balaban J connectivity index is 1.64. The number of carbonyl (C=O) groups excluding carboxylic acids is 1. The largest absolute Gasteiger partial charge is 0.494 e. The SMILES string of the molecule is CCCCOc1ccc(C(=O)N(Cc2ccccn2)c2nc3ccc(CC)cc3s2)cc1. The van der Waals surface area contributed by atoms with Crippen molar-refractivity contribution in [1.82, 2.24) is 9.97 Å². The molecule has 0 saturated heterocycles. The number of hydrogen-bond acceptors (Lipinski definition) is 5. The second-order valence-electron chi connectivity index (χ2n) is 7.59. The van der Waals surface area contributed by atoms with Crippen LogP contribution in [0.5, 0.6) is 5.75 Å². The van der Waals surface area contributed by atoms with E-state index >= 15 is 0 Å². The molecule has 32 heavy (non-hydrogen) atoms. The van der Waals surface area contributed by atoms with E-state index in [1.165, 1.54) is 16.9 Å². The molecular formula is C26H27N3O2S. The van der Waals surface area contributed by atoms with Gasteiger partial charge >= 0.3 is 0 Å². The van der Waals surface area contributed by atoms with Gasteiger partial charge in [0.05, 0.1) is 29.1 Å². The average Bonchev–Trinajstić information content (AvgIpc) is 3.26. The first-order valence-corrected chi connectivity index (χ1v) is 11.8. The van der Waals surface area contributed by atoms with Gasteiger partial charge in [-0.3, -0.25) is 14.7 Å². The van der Waals surface area contributed by atoms with Crippen LogP contribution in [0.4, 0.5) is 5.13 Å². The van der Waals surface area contributed by atoms with Crippen molar-refractivity contribution in [2.45, 2.75) is 39.7 Å². The fourth-order valence-corrected chi connectivity index (χ4v) is 4.38. The Morgan fingerprint density at radius 2 is 1.91 bits per heavy atom. The fraction of sp³-hybridized carbons (Fsp3) is 0.269. The van der Waals surface area contributed by atoms with Gasteiger partial charge in [-0.1, -0.05) is 43.7 Å². The number of benzene rings is 2. The number of hydrogen-bond donors (Lipinski definition) is 0. The highest BCUT2D eigenvalue weighted by Gasteiger charge is 2.22. The molecule has 6 heteroatoms. The molecule has 164 valence electrons. The molecular weight excluding hydrogens is 418 g/mol. The number of fused-ring (bicyclic) bond motifs is 1. The quantitative estimate of drug-likeness (QED) is 0.285. The highest BCUT2D eigenvalue weighted by molar-refractivity contribution is 7.22. The summed E-state index contributed by atoms with van der Waals surface area (Å²) in [6, 6.07) is 19.3. The van der Waals surface area contributed by atoms with Crippen LogP contribution in [-0.4, -0.2) is 22.5 Å². The number of amides is 1. The molecule has 0 N–H and O–H groups in total. The van der Waals surface area contributed by atoms with Crippen LogP contribution in [0, 0.1) is 0 Å². The van der Waals surface area contributed by atoms with E-state index in [1.807, 2.05) is 48.5 Å². The molecule has 2 aromatic carbocycles. The Morgan fingerprint density at radius 1 is 1.06 bits per heavy atom. The third-order valence-corrected chi connectivity index (χ3v) is 6.28. The molecule has 2 heterocycles. The molecule has 0 saturated carbocycles. The average molecular weight is 446 g/mol. The smallest absolute Gasteiger partial charge is 0.260 e. The summed E-state index contributed by atoms with van der Waals surface area (Å²) >= 11 is 1.54. The molecule has 4 aromatic rings. The summed E-state index contributed by atoms with van der Waals surface area (Å²) in [5, 5.41) is 0.673. The van der Waals surface area contributed by atoms with Crippen molar-refractivity contribution in [2.75, 3.05) is 11.5 Å². The predicted molar refractivity (Wildman–Crippen MR) is 131 cm³/mol. The van der Waals surface area contributed by atoms with Gasteiger partial charge < -0.3 is 4.74 Å². The maximum Gasteiger partial charge on any atom is 0.260 e. The Bertz CT molecular complexity index is 1170. The molecule has 0 fully saturated rings. The lowest BCUT2D eigenvalue weighted by Gasteiger charge is -2.19. The third-order valence-electron chi connectivity index (χ3n) is 5.24. The molecule has 0 spiro atoms. The van der Waals surface area contributed by atoms with Crippen LogP contribution >= 0.6 is 11.3 Å². The molecule has 0 radical (unpaired) electrons. The zero-order chi connectivity index (χ0) is 22.3. The van der Waals surface area contributed by atoms with Gasteiger partial charge in [0, 0.05) is 11.8 Å². The van der Waals surface area contributed by atoms with E-state index in [9.17, 15) is 4.79 Å². The number of unbranched alkanes of at least 4 members (excludes halogenated alkanes) is 1. The minimum atomic E-state index is -0.106. The minimum absolute atomic E-state index is 0.106. The van der Waals surface area contributed by atoms with Crippen LogP contribution in [0.2, 0.25) is 0 Å². The zero-order valence-corrected chi connectivity index (χ0v) is 19.3. The number of rotatable bonds is 9. The second kappa shape index (κ2) is 10.4. The molecule has 0 aliphatic carbocycles. The normalized spacial score (nSPS) is 10.9. The summed E-state index contributed by atoms with van der Waals surface area (Å²) in [5.41, 5.74) is 3.57. The first-order chi connectivity index (χ1) is 15.7. The van der Waals surface area contributed by atoms with E-state index in [4.69, 9.17) is 9.72 Å². The summed E-state index contributed by atoms with van der Waals surface area (Å²) in [4.78, 5) is 24.4. The summed E-state index contributed by atoms with van der Waals surface area (Å²) in [5.74, 6) is 0.670. The number of ether oxygens (including phenoxy) is 1. The van der Waals surface area contributed by atoms with Crippen LogP contribution in [0.1, 0.15) is 48.3 Å². The molecule has 0 aliphatic rings. The van der Waals surface area contributed by atoms with Gasteiger partial charge in [-0.15, -0.1) is 0 Å². The Kier molecular flexibility index (Phi) is 7.12. The highest BCUT2D eigenvalue weighted by atomic mass is 32.1. The molecule has 2 aromatic heterocycles. The zero-order valence-electron chi connectivity index (χ0n) is 18.5. The van der Waals surface area contributed by atoms with Crippen molar-refractivity contribution in [2.24, 2.45) is 0 Å². The van der Waals surface area contributed by atoms with Crippen molar-refractivity contribution < 1.29 is 9.53 Å². The van der Waals surface area contributed by atoms with Gasteiger partial charge in [0.2, 0.25) is 0 Å².